The molecule has 0 aliphatic carbocycles. The molecule has 1 aromatic carbocycles. The molecule has 7 heteroatoms. The number of rotatable bonds is 6. The molecule has 1 aliphatic heterocycles. The molecule has 23 heavy (non-hydrogen) atoms. The van der Waals surface area contributed by atoms with E-state index in [2.05, 4.69) is 0 Å². The molecule has 0 bridgehead atoms. The number of carbonyl (C=O) groups excluding carboxylic acids is 2. The Bertz CT molecular complexity index is 654. The highest BCUT2D eigenvalue weighted by Gasteiger charge is 2.34. The lowest BCUT2D eigenvalue weighted by atomic mass is 10.1. The summed E-state index contributed by atoms with van der Waals surface area (Å²) in [5, 5.41) is 9.22. The number of nitrogens with two attached hydrogens (primary N) is 1. The molecule has 1 heterocycles. The summed E-state index contributed by atoms with van der Waals surface area (Å²) >= 11 is 0. The third-order valence-corrected chi connectivity index (χ3v) is 3.46. The van der Waals surface area contributed by atoms with Crippen molar-refractivity contribution in [1.82, 2.24) is 4.90 Å². The summed E-state index contributed by atoms with van der Waals surface area (Å²) in [7, 11) is 0. The Balaban J connectivity index is 2.02. The van der Waals surface area contributed by atoms with Gasteiger partial charge in [-0.3, -0.25) is 9.59 Å². The smallest absolute Gasteiger partial charge is 0.371 e. The van der Waals surface area contributed by atoms with E-state index in [-0.39, 0.29) is 18.9 Å². The predicted molar refractivity (Wildman–Crippen MR) is 81.1 cm³/mol. The molecule has 0 unspecified atom stereocenters. The van der Waals surface area contributed by atoms with Gasteiger partial charge in [-0.15, -0.1) is 0 Å². The molecular formula is C16H18N2O5. The molecule has 1 aromatic rings. The quantitative estimate of drug-likeness (QED) is 0.338. The summed E-state index contributed by atoms with van der Waals surface area (Å²) in [5.74, 6) is -2.70. The summed E-state index contributed by atoms with van der Waals surface area (Å²) < 4.78 is 4.98. The summed E-state index contributed by atoms with van der Waals surface area (Å²) in [6, 6.07) is 8.34. The zero-order chi connectivity index (χ0) is 17.0. The topological polar surface area (TPSA) is 110 Å². The first-order chi connectivity index (χ1) is 10.9. The minimum absolute atomic E-state index is 0.0293. The Kier molecular flexibility index (Phi) is 5.13. The summed E-state index contributed by atoms with van der Waals surface area (Å²) in [6.45, 7) is 1.95. The second kappa shape index (κ2) is 7.06. The van der Waals surface area contributed by atoms with Crippen molar-refractivity contribution in [2.75, 3.05) is 13.1 Å². The first-order valence-electron chi connectivity index (χ1n) is 7.10. The number of carboxylic acids is 1. The van der Waals surface area contributed by atoms with Crippen LogP contribution >= 0.6 is 0 Å². The predicted octanol–water partition coefficient (Wildman–Crippen LogP) is 0.300. The fourth-order valence-corrected chi connectivity index (χ4v) is 2.25. The zero-order valence-electron chi connectivity index (χ0n) is 12.7. The highest BCUT2D eigenvalue weighted by molar-refractivity contribution is 5.90. The van der Waals surface area contributed by atoms with Crippen LogP contribution in [0.5, 0.6) is 0 Å². The van der Waals surface area contributed by atoms with E-state index in [1.54, 1.807) is 24.3 Å². The first-order valence-corrected chi connectivity index (χ1v) is 7.10. The SMILES string of the molecule is CC(CN1C[C@H](N)C1=O)=C(OC(=O)Cc1ccccc1)C(=O)O. The van der Waals surface area contributed by atoms with Crippen LogP contribution in [0.1, 0.15) is 12.5 Å². The van der Waals surface area contributed by atoms with Crippen molar-refractivity contribution in [2.24, 2.45) is 5.73 Å². The number of amides is 1. The monoisotopic (exact) mass is 318 g/mol. The molecule has 7 nitrogen and oxygen atoms in total. The van der Waals surface area contributed by atoms with Crippen molar-refractivity contribution in [2.45, 2.75) is 19.4 Å². The van der Waals surface area contributed by atoms with E-state index >= 15 is 0 Å². The molecule has 1 aliphatic rings. The van der Waals surface area contributed by atoms with Crippen molar-refractivity contribution >= 4 is 17.8 Å². The van der Waals surface area contributed by atoms with Crippen LogP contribution < -0.4 is 5.73 Å². The standard InChI is InChI=1S/C16H18N2O5/c1-10(8-18-9-12(17)15(18)20)14(16(21)22)23-13(19)7-11-5-3-2-4-6-11/h2-6,12H,7-9,17H2,1H3,(H,21,22)/t12-/m0/s1. The van der Waals surface area contributed by atoms with Crippen LogP contribution in [-0.2, 0) is 25.5 Å². The first kappa shape index (κ1) is 16.7. The summed E-state index contributed by atoms with van der Waals surface area (Å²) in [4.78, 5) is 36.1. The molecule has 0 saturated carbocycles. The van der Waals surface area contributed by atoms with Crippen LogP contribution in [0.25, 0.3) is 0 Å². The van der Waals surface area contributed by atoms with Crippen molar-refractivity contribution in [1.29, 1.82) is 0 Å². The molecule has 0 radical (unpaired) electrons. The van der Waals surface area contributed by atoms with Crippen LogP contribution in [0.15, 0.2) is 41.7 Å². The molecule has 1 atom stereocenters. The van der Waals surface area contributed by atoms with E-state index in [0.717, 1.165) is 5.56 Å². The molecular weight excluding hydrogens is 300 g/mol. The lowest BCUT2D eigenvalue weighted by molar-refractivity contribution is -0.148. The van der Waals surface area contributed by atoms with E-state index in [9.17, 15) is 19.5 Å². The Morgan fingerprint density at radius 2 is 2.00 bits per heavy atom. The lowest BCUT2D eigenvalue weighted by Crippen LogP contribution is -2.61. The van der Waals surface area contributed by atoms with Gasteiger partial charge in [0.05, 0.1) is 6.42 Å². The van der Waals surface area contributed by atoms with Gasteiger partial charge in [0.25, 0.3) is 0 Å². The number of hydrogen-bond acceptors (Lipinski definition) is 5. The molecule has 1 fully saturated rings. The number of likely N-dealkylation sites (tertiary alicyclic amines) is 1. The number of esters is 1. The average molecular weight is 318 g/mol. The highest BCUT2D eigenvalue weighted by Crippen LogP contribution is 2.15. The van der Waals surface area contributed by atoms with Crippen LogP contribution in [0.3, 0.4) is 0 Å². The van der Waals surface area contributed by atoms with E-state index in [4.69, 9.17) is 10.5 Å². The van der Waals surface area contributed by atoms with Crippen LogP contribution in [0.4, 0.5) is 0 Å². The van der Waals surface area contributed by atoms with Crippen molar-refractivity contribution in [3.63, 3.8) is 0 Å². The van der Waals surface area contributed by atoms with Crippen LogP contribution in [0, 0.1) is 0 Å². The van der Waals surface area contributed by atoms with Gasteiger partial charge in [-0.25, -0.2) is 4.79 Å². The molecule has 1 saturated heterocycles. The minimum atomic E-state index is -1.35. The maximum absolute atomic E-state index is 11.9. The van der Waals surface area contributed by atoms with Crippen LogP contribution in [-0.4, -0.2) is 47.0 Å². The molecule has 1 amide bonds. The van der Waals surface area contributed by atoms with E-state index in [1.165, 1.54) is 11.8 Å². The fraction of sp³-hybridized carbons (Fsp3) is 0.312. The fourth-order valence-electron chi connectivity index (χ4n) is 2.25. The molecule has 3 N–H and O–H groups in total. The van der Waals surface area contributed by atoms with Gasteiger partial charge in [-0.05, 0) is 18.1 Å². The molecule has 122 valence electrons. The Morgan fingerprint density at radius 1 is 1.35 bits per heavy atom. The number of carbonyl (C=O) groups is 3. The number of aliphatic carboxylic acids is 1. The van der Waals surface area contributed by atoms with Gasteiger partial charge in [-0.2, -0.15) is 0 Å². The summed E-state index contributed by atoms with van der Waals surface area (Å²) in [6.07, 6.45) is -0.0293. The third-order valence-electron chi connectivity index (χ3n) is 3.46. The van der Waals surface area contributed by atoms with Crippen LogP contribution in [0.2, 0.25) is 0 Å². The van der Waals surface area contributed by atoms with Crippen molar-refractivity contribution in [3.8, 4) is 0 Å². The second-order valence-corrected chi connectivity index (χ2v) is 5.38. The second-order valence-electron chi connectivity index (χ2n) is 5.38. The van der Waals surface area contributed by atoms with E-state index < -0.39 is 23.7 Å². The number of ether oxygens (including phenoxy) is 1. The largest absolute Gasteiger partial charge is 0.475 e. The lowest BCUT2D eigenvalue weighted by Gasteiger charge is -2.36. The maximum atomic E-state index is 11.9. The number of hydrogen-bond donors (Lipinski definition) is 2. The number of carboxylic acid groups (broad SMARTS) is 1. The molecule has 0 aromatic heterocycles. The maximum Gasteiger partial charge on any atom is 0.371 e. The van der Waals surface area contributed by atoms with Gasteiger partial charge < -0.3 is 20.5 Å². The van der Waals surface area contributed by atoms with Crippen molar-refractivity contribution in [3.05, 3.63) is 47.2 Å². The van der Waals surface area contributed by atoms with Crippen molar-refractivity contribution < 1.29 is 24.2 Å². The highest BCUT2D eigenvalue weighted by atomic mass is 16.6. The Hall–Kier alpha value is -2.67. The molecule has 0 spiro atoms. The van der Waals surface area contributed by atoms with Gasteiger partial charge in [0.2, 0.25) is 11.7 Å². The van der Waals surface area contributed by atoms with Gasteiger partial charge in [0, 0.05) is 13.1 Å². The average Bonchev–Trinajstić information content (AvgIpc) is 2.52. The number of nitrogens with zero attached hydrogens (tertiary/aromatic N) is 1. The third kappa shape index (κ3) is 4.17. The summed E-state index contributed by atoms with van der Waals surface area (Å²) in [5.41, 5.74) is 6.50. The van der Waals surface area contributed by atoms with Gasteiger partial charge in [-0.1, -0.05) is 30.3 Å². The van der Waals surface area contributed by atoms with Gasteiger partial charge >= 0.3 is 11.9 Å². The molecule has 2 rings (SSSR count). The normalized spacial score (nSPS) is 18.1. The van der Waals surface area contributed by atoms with E-state index in [0.29, 0.717) is 12.1 Å². The zero-order valence-corrected chi connectivity index (χ0v) is 12.7. The number of benzene rings is 1. The van der Waals surface area contributed by atoms with E-state index in [1.807, 2.05) is 6.07 Å². The van der Waals surface area contributed by atoms with Gasteiger partial charge in [0.1, 0.15) is 6.04 Å². The van der Waals surface area contributed by atoms with Gasteiger partial charge in [0.15, 0.2) is 0 Å². The minimum Gasteiger partial charge on any atom is -0.475 e. The number of β-lactam (4-membered cyclic amide) rings is 1. The Morgan fingerprint density at radius 3 is 2.52 bits per heavy atom. The Labute approximate surface area is 133 Å².